The molecular formula is C23H42O4. The van der Waals surface area contributed by atoms with Gasteiger partial charge in [-0.15, -0.1) is 0 Å². The fourth-order valence-electron chi connectivity index (χ4n) is 3.71. The van der Waals surface area contributed by atoms with Gasteiger partial charge >= 0.3 is 11.9 Å². The van der Waals surface area contributed by atoms with Crippen LogP contribution >= 0.6 is 0 Å². The predicted molar refractivity (Wildman–Crippen MR) is 109 cm³/mol. The highest BCUT2D eigenvalue weighted by Gasteiger charge is 2.41. The van der Waals surface area contributed by atoms with Crippen LogP contribution in [-0.4, -0.2) is 25.2 Å². The number of hydrogen-bond acceptors (Lipinski definition) is 4. The molecule has 2 unspecified atom stereocenters. The van der Waals surface area contributed by atoms with E-state index in [9.17, 15) is 9.59 Å². The molecular weight excluding hydrogens is 340 g/mol. The van der Waals surface area contributed by atoms with E-state index in [4.69, 9.17) is 9.47 Å². The summed E-state index contributed by atoms with van der Waals surface area (Å²) in [5.41, 5.74) is -0.167. The second-order valence-corrected chi connectivity index (χ2v) is 10.7. The molecule has 0 aromatic carbocycles. The summed E-state index contributed by atoms with van der Waals surface area (Å²) in [6.45, 7) is 15.1. The molecule has 1 aliphatic rings. The molecule has 4 nitrogen and oxygen atoms in total. The normalized spacial score (nSPS) is 18.6. The van der Waals surface area contributed by atoms with Crippen molar-refractivity contribution in [3.05, 3.63) is 0 Å². The van der Waals surface area contributed by atoms with E-state index in [0.29, 0.717) is 19.6 Å². The quantitative estimate of drug-likeness (QED) is 0.499. The van der Waals surface area contributed by atoms with Crippen molar-refractivity contribution < 1.29 is 19.1 Å². The molecule has 1 saturated carbocycles. The van der Waals surface area contributed by atoms with E-state index >= 15 is 0 Å². The van der Waals surface area contributed by atoms with Crippen molar-refractivity contribution in [3.63, 3.8) is 0 Å². The fourth-order valence-corrected chi connectivity index (χ4v) is 3.71. The molecule has 0 aromatic rings. The molecule has 0 saturated heterocycles. The molecule has 0 heterocycles. The van der Waals surface area contributed by atoms with Crippen LogP contribution in [0.2, 0.25) is 0 Å². The molecule has 158 valence electrons. The maximum Gasteiger partial charge on any atom is 0.310 e. The molecule has 4 heteroatoms. The maximum atomic E-state index is 13.1. The third-order valence-electron chi connectivity index (χ3n) is 5.06. The lowest BCUT2D eigenvalue weighted by atomic mass is 9.72. The minimum atomic E-state index is -0.395. The van der Waals surface area contributed by atoms with Gasteiger partial charge in [-0.2, -0.15) is 0 Å². The van der Waals surface area contributed by atoms with Gasteiger partial charge in [0.25, 0.3) is 0 Å². The number of carbonyl (C=O) groups excluding carboxylic acids is 2. The van der Waals surface area contributed by atoms with Gasteiger partial charge in [-0.05, 0) is 36.0 Å². The smallest absolute Gasteiger partial charge is 0.310 e. The van der Waals surface area contributed by atoms with Gasteiger partial charge < -0.3 is 9.47 Å². The molecule has 0 amide bonds. The molecule has 0 aromatic heterocycles. The Morgan fingerprint density at radius 3 is 1.78 bits per heavy atom. The van der Waals surface area contributed by atoms with Crippen molar-refractivity contribution in [1.29, 1.82) is 0 Å². The standard InChI is InChI=1S/C23H42O4/c1-8-12-18(20(24)26-15-22(2,3)4)19(17-13-10-9-11-14-17)21(25)27-16-23(5,6)7/h17-19H,8-16H2,1-7H3. The average molecular weight is 383 g/mol. The van der Waals surface area contributed by atoms with Crippen molar-refractivity contribution in [2.45, 2.75) is 93.4 Å². The lowest BCUT2D eigenvalue weighted by Gasteiger charge is -2.34. The van der Waals surface area contributed by atoms with Gasteiger partial charge in [-0.25, -0.2) is 0 Å². The lowest BCUT2D eigenvalue weighted by molar-refractivity contribution is -0.167. The number of esters is 2. The molecule has 27 heavy (non-hydrogen) atoms. The lowest BCUT2D eigenvalue weighted by Crippen LogP contribution is -2.40. The van der Waals surface area contributed by atoms with E-state index in [1.165, 1.54) is 6.42 Å². The summed E-state index contributed by atoms with van der Waals surface area (Å²) in [6.07, 6.45) is 7.00. The van der Waals surface area contributed by atoms with E-state index < -0.39 is 5.92 Å². The van der Waals surface area contributed by atoms with Crippen LogP contribution in [0.25, 0.3) is 0 Å². The second-order valence-electron chi connectivity index (χ2n) is 10.7. The second kappa shape index (κ2) is 10.5. The minimum Gasteiger partial charge on any atom is -0.465 e. The number of hydrogen-bond donors (Lipinski definition) is 0. The minimum absolute atomic E-state index is 0.0836. The third-order valence-corrected chi connectivity index (χ3v) is 5.06. The molecule has 0 spiro atoms. The number of rotatable bonds is 8. The molecule has 0 N–H and O–H groups in total. The van der Waals surface area contributed by atoms with E-state index in [0.717, 1.165) is 32.1 Å². The Balaban J connectivity index is 2.99. The van der Waals surface area contributed by atoms with Crippen LogP contribution in [0.4, 0.5) is 0 Å². The van der Waals surface area contributed by atoms with Gasteiger partial charge in [-0.1, -0.05) is 74.1 Å². The first-order valence-corrected chi connectivity index (χ1v) is 10.8. The van der Waals surface area contributed by atoms with Gasteiger partial charge in [0, 0.05) is 0 Å². The Hall–Kier alpha value is -1.06. The zero-order valence-corrected chi connectivity index (χ0v) is 18.7. The first-order chi connectivity index (χ1) is 12.4. The molecule has 0 radical (unpaired) electrons. The summed E-state index contributed by atoms with van der Waals surface area (Å²) in [5, 5.41) is 0. The summed E-state index contributed by atoms with van der Waals surface area (Å²) in [6, 6.07) is 0. The predicted octanol–water partition coefficient (Wildman–Crippen LogP) is 5.78. The molecule has 1 aliphatic carbocycles. The van der Waals surface area contributed by atoms with E-state index in [1.807, 2.05) is 20.8 Å². The van der Waals surface area contributed by atoms with Gasteiger partial charge in [0.05, 0.1) is 25.0 Å². The summed E-state index contributed by atoms with van der Waals surface area (Å²) in [4.78, 5) is 26.0. The summed E-state index contributed by atoms with van der Waals surface area (Å²) in [7, 11) is 0. The van der Waals surface area contributed by atoms with Crippen LogP contribution in [0.15, 0.2) is 0 Å². The molecule has 0 bridgehead atoms. The van der Waals surface area contributed by atoms with Crippen molar-refractivity contribution in [2.75, 3.05) is 13.2 Å². The third kappa shape index (κ3) is 9.12. The van der Waals surface area contributed by atoms with Crippen molar-refractivity contribution in [3.8, 4) is 0 Å². The average Bonchev–Trinajstić information content (AvgIpc) is 2.57. The van der Waals surface area contributed by atoms with Crippen molar-refractivity contribution in [1.82, 2.24) is 0 Å². The highest BCUT2D eigenvalue weighted by atomic mass is 16.5. The topological polar surface area (TPSA) is 52.6 Å². The van der Waals surface area contributed by atoms with Crippen molar-refractivity contribution >= 4 is 11.9 Å². The van der Waals surface area contributed by atoms with Crippen LogP contribution < -0.4 is 0 Å². The van der Waals surface area contributed by atoms with Crippen LogP contribution in [0.5, 0.6) is 0 Å². The van der Waals surface area contributed by atoms with Crippen LogP contribution in [0.1, 0.15) is 93.4 Å². The largest absolute Gasteiger partial charge is 0.465 e. The molecule has 0 aliphatic heterocycles. The Morgan fingerprint density at radius 1 is 0.852 bits per heavy atom. The Morgan fingerprint density at radius 2 is 1.33 bits per heavy atom. The molecule has 1 rings (SSSR count). The van der Waals surface area contributed by atoms with E-state index in [-0.39, 0.29) is 34.6 Å². The SMILES string of the molecule is CCCC(C(=O)OCC(C)(C)C)C(C(=O)OCC(C)(C)C)C1CCCCC1. The van der Waals surface area contributed by atoms with Gasteiger partial charge in [0.15, 0.2) is 0 Å². The van der Waals surface area contributed by atoms with Gasteiger partial charge in [-0.3, -0.25) is 9.59 Å². The number of carbonyl (C=O) groups is 2. The summed E-state index contributed by atoms with van der Waals surface area (Å²) < 4.78 is 11.3. The summed E-state index contributed by atoms with van der Waals surface area (Å²) in [5.74, 6) is -0.976. The van der Waals surface area contributed by atoms with Crippen LogP contribution in [0, 0.1) is 28.6 Å². The zero-order valence-electron chi connectivity index (χ0n) is 18.7. The van der Waals surface area contributed by atoms with E-state index in [1.54, 1.807) is 0 Å². The molecule has 2 atom stereocenters. The Kier molecular flexibility index (Phi) is 9.30. The van der Waals surface area contributed by atoms with E-state index in [2.05, 4.69) is 27.7 Å². The summed E-state index contributed by atoms with van der Waals surface area (Å²) >= 11 is 0. The highest BCUT2D eigenvalue weighted by Crippen LogP contribution is 2.37. The Bertz CT molecular complexity index is 464. The highest BCUT2D eigenvalue weighted by molar-refractivity contribution is 5.82. The van der Waals surface area contributed by atoms with Crippen molar-refractivity contribution in [2.24, 2.45) is 28.6 Å². The maximum absolute atomic E-state index is 13.1. The van der Waals surface area contributed by atoms with Crippen LogP contribution in [0.3, 0.4) is 0 Å². The monoisotopic (exact) mass is 382 g/mol. The Labute approximate surface area is 166 Å². The zero-order chi connectivity index (χ0) is 20.7. The first-order valence-electron chi connectivity index (χ1n) is 10.8. The van der Waals surface area contributed by atoms with Gasteiger partial charge in [0.1, 0.15) is 0 Å². The molecule has 1 fully saturated rings. The van der Waals surface area contributed by atoms with Crippen LogP contribution in [-0.2, 0) is 19.1 Å². The van der Waals surface area contributed by atoms with Gasteiger partial charge in [0.2, 0.25) is 0 Å². The number of ether oxygens (including phenoxy) is 2. The fraction of sp³-hybridized carbons (Fsp3) is 0.913. The first kappa shape index (κ1) is 24.0.